The van der Waals surface area contributed by atoms with Crippen LogP contribution in [0.3, 0.4) is 0 Å². The Kier molecular flexibility index (Phi) is 5.24. The van der Waals surface area contributed by atoms with Crippen LogP contribution in [-0.4, -0.2) is 40.1 Å². The minimum absolute atomic E-state index is 0.0206. The summed E-state index contributed by atoms with van der Waals surface area (Å²) in [5.41, 5.74) is -1.31. The van der Waals surface area contributed by atoms with Crippen LogP contribution in [0.15, 0.2) is 29.2 Å². The summed E-state index contributed by atoms with van der Waals surface area (Å²) in [5, 5.41) is 4.19. The molecule has 31 heavy (non-hydrogen) atoms. The molecule has 0 saturated carbocycles. The minimum atomic E-state index is -1.14. The van der Waals surface area contributed by atoms with Crippen molar-refractivity contribution in [2.24, 2.45) is 0 Å². The first-order valence-corrected chi connectivity index (χ1v) is 9.93. The lowest BCUT2D eigenvalue weighted by molar-refractivity contribution is 0.0633. The Morgan fingerprint density at radius 2 is 1.71 bits per heavy atom. The van der Waals surface area contributed by atoms with Gasteiger partial charge in [0.25, 0.3) is 11.8 Å². The predicted octanol–water partition coefficient (Wildman–Crippen LogP) is 2.12. The van der Waals surface area contributed by atoms with Gasteiger partial charge < -0.3 is 10.2 Å². The molecule has 10 heteroatoms. The number of carbonyl (C=O) groups is 2. The molecule has 164 valence electrons. The highest BCUT2D eigenvalue weighted by molar-refractivity contribution is 5.97. The standard InChI is InChI=1S/C21H21F3N4O3/c1-11-3-4-12(2)28-10-26(11)21(31)18-7-19(29)15(9-27(18)28)20(30)25-8-14-16(23)5-13(22)6-17(14)24/h5-7,9,11-12H,3-4,8,10H2,1-2H3,(H,25,30). The zero-order valence-electron chi connectivity index (χ0n) is 17.0. The molecular formula is C21H21F3N4O3. The van der Waals surface area contributed by atoms with E-state index in [9.17, 15) is 27.6 Å². The fourth-order valence-electron chi connectivity index (χ4n) is 3.99. The lowest BCUT2D eigenvalue weighted by Gasteiger charge is -2.41. The molecule has 2 aliphatic heterocycles. The van der Waals surface area contributed by atoms with Crippen molar-refractivity contribution in [3.63, 3.8) is 0 Å². The Morgan fingerprint density at radius 3 is 2.39 bits per heavy atom. The number of nitrogens with zero attached hydrogens (tertiary/aromatic N) is 3. The Bertz CT molecular complexity index is 1110. The van der Waals surface area contributed by atoms with E-state index in [1.165, 1.54) is 10.9 Å². The van der Waals surface area contributed by atoms with Crippen LogP contribution in [0.1, 0.15) is 53.1 Å². The second kappa shape index (κ2) is 7.75. The SMILES string of the molecule is CC1CCC(C)N2CN1C(=O)c1cc(=O)c(C(=O)NCc3c(F)cc(F)cc3F)cn12. The summed E-state index contributed by atoms with van der Waals surface area (Å²) in [7, 11) is 0. The molecule has 1 aromatic carbocycles. The summed E-state index contributed by atoms with van der Waals surface area (Å²) >= 11 is 0. The summed E-state index contributed by atoms with van der Waals surface area (Å²) in [5.74, 6) is -4.50. The average Bonchev–Trinajstić information content (AvgIpc) is 2.83. The summed E-state index contributed by atoms with van der Waals surface area (Å²) in [4.78, 5) is 39.7. The molecule has 0 aliphatic carbocycles. The molecule has 2 aromatic rings. The van der Waals surface area contributed by atoms with Crippen LogP contribution in [-0.2, 0) is 6.54 Å². The molecular weight excluding hydrogens is 413 g/mol. The van der Waals surface area contributed by atoms with E-state index in [1.807, 2.05) is 18.9 Å². The fraction of sp³-hybridized carbons (Fsp3) is 0.381. The quantitative estimate of drug-likeness (QED) is 0.803. The normalized spacial score (nSPS) is 20.4. The zero-order chi connectivity index (χ0) is 22.4. The Balaban J connectivity index is 1.65. The number of nitrogens with one attached hydrogen (secondary N) is 1. The zero-order valence-corrected chi connectivity index (χ0v) is 17.0. The van der Waals surface area contributed by atoms with Crippen molar-refractivity contribution < 1.29 is 22.8 Å². The van der Waals surface area contributed by atoms with Gasteiger partial charge in [0.2, 0.25) is 0 Å². The first-order chi connectivity index (χ1) is 14.7. The van der Waals surface area contributed by atoms with Gasteiger partial charge in [-0.1, -0.05) is 0 Å². The summed E-state index contributed by atoms with van der Waals surface area (Å²) in [6.07, 6.45) is 2.91. The fourth-order valence-corrected chi connectivity index (χ4v) is 3.99. The van der Waals surface area contributed by atoms with Gasteiger partial charge >= 0.3 is 0 Å². The van der Waals surface area contributed by atoms with Crippen molar-refractivity contribution in [3.05, 3.63) is 68.9 Å². The lowest BCUT2D eigenvalue weighted by Crippen LogP contribution is -2.57. The molecule has 2 bridgehead atoms. The van der Waals surface area contributed by atoms with Crippen molar-refractivity contribution in [2.75, 3.05) is 11.7 Å². The number of halogens is 3. The number of amides is 2. The maximum Gasteiger partial charge on any atom is 0.274 e. The molecule has 3 heterocycles. The van der Waals surface area contributed by atoms with E-state index >= 15 is 0 Å². The maximum atomic E-state index is 13.8. The van der Waals surface area contributed by atoms with Crippen LogP contribution in [0, 0.1) is 17.5 Å². The number of benzene rings is 1. The van der Waals surface area contributed by atoms with Gasteiger partial charge in [0.1, 0.15) is 35.4 Å². The van der Waals surface area contributed by atoms with Gasteiger partial charge in [-0.3, -0.25) is 24.1 Å². The van der Waals surface area contributed by atoms with Crippen LogP contribution >= 0.6 is 0 Å². The van der Waals surface area contributed by atoms with Crippen molar-refractivity contribution in [1.29, 1.82) is 0 Å². The average molecular weight is 434 g/mol. The molecule has 7 nitrogen and oxygen atoms in total. The number of carbonyl (C=O) groups excluding carboxylic acids is 2. The van der Waals surface area contributed by atoms with Crippen LogP contribution in [0.4, 0.5) is 13.2 Å². The van der Waals surface area contributed by atoms with E-state index in [0.29, 0.717) is 18.8 Å². The topological polar surface area (TPSA) is 74.7 Å². The summed E-state index contributed by atoms with van der Waals surface area (Å²) in [6, 6.07) is 2.21. The van der Waals surface area contributed by atoms with Gasteiger partial charge in [0.05, 0.1) is 0 Å². The second-order valence-electron chi connectivity index (χ2n) is 7.94. The summed E-state index contributed by atoms with van der Waals surface area (Å²) < 4.78 is 42.2. The number of pyridine rings is 1. The third kappa shape index (κ3) is 3.66. The Hall–Kier alpha value is -3.30. The molecule has 4 rings (SSSR count). The first kappa shape index (κ1) is 21.0. The monoisotopic (exact) mass is 434 g/mol. The molecule has 2 unspecified atom stereocenters. The number of fused-ring (bicyclic) bond motifs is 4. The van der Waals surface area contributed by atoms with E-state index in [4.69, 9.17) is 0 Å². The third-order valence-corrected chi connectivity index (χ3v) is 5.90. The third-order valence-electron chi connectivity index (χ3n) is 5.90. The van der Waals surface area contributed by atoms with E-state index in [-0.39, 0.29) is 29.2 Å². The van der Waals surface area contributed by atoms with E-state index in [0.717, 1.165) is 18.9 Å². The molecule has 2 amide bonds. The van der Waals surface area contributed by atoms with E-state index in [2.05, 4.69) is 5.32 Å². The van der Waals surface area contributed by atoms with Gasteiger partial charge in [-0.25, -0.2) is 13.2 Å². The molecule has 1 aromatic heterocycles. The maximum absolute atomic E-state index is 13.8. The van der Waals surface area contributed by atoms with Gasteiger partial charge in [0, 0.05) is 48.6 Å². The van der Waals surface area contributed by atoms with Crippen molar-refractivity contribution in [2.45, 2.75) is 45.3 Å². The molecule has 2 atom stereocenters. The number of hydrogen-bond acceptors (Lipinski definition) is 4. The summed E-state index contributed by atoms with van der Waals surface area (Å²) in [6.45, 7) is 3.71. The van der Waals surface area contributed by atoms with Gasteiger partial charge in [-0.15, -0.1) is 0 Å². The Morgan fingerprint density at radius 1 is 1.06 bits per heavy atom. The van der Waals surface area contributed by atoms with E-state index < -0.39 is 40.9 Å². The van der Waals surface area contributed by atoms with Crippen LogP contribution in [0.2, 0.25) is 0 Å². The molecule has 1 N–H and O–H groups in total. The molecule has 0 radical (unpaired) electrons. The first-order valence-electron chi connectivity index (χ1n) is 9.93. The Labute approximate surface area is 176 Å². The van der Waals surface area contributed by atoms with Crippen molar-refractivity contribution in [3.8, 4) is 0 Å². The minimum Gasteiger partial charge on any atom is -0.348 e. The highest BCUT2D eigenvalue weighted by Crippen LogP contribution is 2.25. The molecule has 1 saturated heterocycles. The highest BCUT2D eigenvalue weighted by Gasteiger charge is 2.37. The van der Waals surface area contributed by atoms with E-state index in [1.54, 1.807) is 4.90 Å². The largest absolute Gasteiger partial charge is 0.348 e. The van der Waals surface area contributed by atoms with Crippen LogP contribution in [0.5, 0.6) is 0 Å². The highest BCUT2D eigenvalue weighted by atomic mass is 19.1. The van der Waals surface area contributed by atoms with Gasteiger partial charge in [-0.05, 0) is 26.7 Å². The van der Waals surface area contributed by atoms with Crippen LogP contribution < -0.4 is 15.8 Å². The van der Waals surface area contributed by atoms with Crippen LogP contribution in [0.25, 0.3) is 0 Å². The molecule has 2 aliphatic rings. The lowest BCUT2D eigenvalue weighted by atomic mass is 10.1. The molecule has 1 fully saturated rings. The predicted molar refractivity (Wildman–Crippen MR) is 106 cm³/mol. The number of rotatable bonds is 3. The number of aromatic nitrogens is 1. The second-order valence-corrected chi connectivity index (χ2v) is 7.94. The molecule has 0 spiro atoms. The van der Waals surface area contributed by atoms with Crippen molar-refractivity contribution >= 4 is 11.8 Å². The smallest absolute Gasteiger partial charge is 0.274 e. The van der Waals surface area contributed by atoms with Gasteiger partial charge in [0.15, 0.2) is 5.43 Å². The van der Waals surface area contributed by atoms with Crippen molar-refractivity contribution in [1.82, 2.24) is 14.9 Å². The number of hydrogen-bond donors (Lipinski definition) is 1. The van der Waals surface area contributed by atoms with Gasteiger partial charge in [-0.2, -0.15) is 0 Å².